The van der Waals surface area contributed by atoms with Gasteiger partial charge in [0.05, 0.1) is 16.9 Å². The van der Waals surface area contributed by atoms with Crippen molar-refractivity contribution >= 4 is 17.0 Å². The molecule has 0 saturated carbocycles. The summed E-state index contributed by atoms with van der Waals surface area (Å²) in [6.07, 6.45) is 1.70. The maximum Gasteiger partial charge on any atom is 0.165 e. The van der Waals surface area contributed by atoms with Crippen LogP contribution in [-0.2, 0) is 0 Å². The molecule has 0 amide bonds. The summed E-state index contributed by atoms with van der Waals surface area (Å²) in [7, 11) is 0. The lowest BCUT2D eigenvalue weighted by Crippen LogP contribution is -2.39. The zero-order valence-electron chi connectivity index (χ0n) is 18.4. The summed E-state index contributed by atoms with van der Waals surface area (Å²) < 4.78 is 2.12. The van der Waals surface area contributed by atoms with E-state index < -0.39 is 0 Å². The fourth-order valence-corrected chi connectivity index (χ4v) is 4.45. The van der Waals surface area contributed by atoms with Crippen molar-refractivity contribution in [2.45, 2.75) is 12.8 Å². The Morgan fingerprint density at radius 2 is 1.79 bits per heavy atom. The molecule has 33 heavy (non-hydrogen) atoms. The predicted octanol–water partition coefficient (Wildman–Crippen LogP) is 4.73. The monoisotopic (exact) mass is 432 g/mol. The van der Waals surface area contributed by atoms with Crippen LogP contribution in [0.25, 0.3) is 39.5 Å². The molecule has 0 atom stereocenters. The second-order valence-electron chi connectivity index (χ2n) is 8.51. The van der Waals surface area contributed by atoms with Crippen LogP contribution in [0.1, 0.15) is 17.0 Å². The molecule has 1 aliphatic heterocycles. The van der Waals surface area contributed by atoms with Gasteiger partial charge in [-0.3, -0.25) is 4.57 Å². The molecular weight excluding hydrogens is 408 g/mol. The Morgan fingerprint density at radius 3 is 2.52 bits per heavy atom. The molecule has 5 aromatic rings. The first kappa shape index (κ1) is 19.6. The SMILES string of the molecule is Cc1cc(C2CNC2)ccc1-n1c(-c2cccnc2N)nc2ccc(-c3ccccc3)nc21. The fourth-order valence-electron chi connectivity index (χ4n) is 4.45. The Morgan fingerprint density at radius 1 is 0.939 bits per heavy atom. The van der Waals surface area contributed by atoms with Crippen LogP contribution in [0.5, 0.6) is 0 Å². The molecule has 162 valence electrons. The van der Waals surface area contributed by atoms with Crippen LogP contribution in [0.2, 0.25) is 0 Å². The molecule has 0 spiro atoms. The van der Waals surface area contributed by atoms with E-state index in [0.717, 1.165) is 52.6 Å². The Kier molecular flexibility index (Phi) is 4.66. The van der Waals surface area contributed by atoms with Gasteiger partial charge in [0.1, 0.15) is 11.3 Å². The molecule has 0 radical (unpaired) electrons. The van der Waals surface area contributed by atoms with Crippen molar-refractivity contribution in [3.8, 4) is 28.3 Å². The van der Waals surface area contributed by atoms with Crippen molar-refractivity contribution < 1.29 is 0 Å². The van der Waals surface area contributed by atoms with Crippen molar-refractivity contribution in [3.63, 3.8) is 0 Å². The summed E-state index contributed by atoms with van der Waals surface area (Å²) in [5.41, 5.74) is 14.3. The van der Waals surface area contributed by atoms with Gasteiger partial charge in [-0.1, -0.05) is 42.5 Å². The lowest BCUT2D eigenvalue weighted by atomic mass is 9.92. The van der Waals surface area contributed by atoms with Crippen LogP contribution in [0.15, 0.2) is 79.0 Å². The molecule has 4 heterocycles. The number of benzene rings is 2. The Balaban J connectivity index is 1.60. The molecule has 1 aliphatic rings. The van der Waals surface area contributed by atoms with Crippen LogP contribution in [0.3, 0.4) is 0 Å². The smallest absolute Gasteiger partial charge is 0.165 e. The normalized spacial score (nSPS) is 13.8. The number of nitrogens with zero attached hydrogens (tertiary/aromatic N) is 4. The second-order valence-corrected chi connectivity index (χ2v) is 8.51. The number of nitrogens with one attached hydrogen (secondary N) is 1. The Labute approximate surface area is 192 Å². The van der Waals surface area contributed by atoms with Gasteiger partial charge in [0.2, 0.25) is 0 Å². The third-order valence-corrected chi connectivity index (χ3v) is 6.37. The van der Waals surface area contributed by atoms with Gasteiger partial charge in [0, 0.05) is 30.8 Å². The number of anilines is 1. The highest BCUT2D eigenvalue weighted by Gasteiger charge is 2.22. The van der Waals surface area contributed by atoms with E-state index in [1.54, 1.807) is 6.20 Å². The van der Waals surface area contributed by atoms with Crippen LogP contribution in [-0.4, -0.2) is 32.6 Å². The molecule has 3 aromatic heterocycles. The zero-order valence-corrected chi connectivity index (χ0v) is 18.4. The van der Waals surface area contributed by atoms with Gasteiger partial charge >= 0.3 is 0 Å². The number of nitrogen functional groups attached to an aromatic ring is 1. The number of fused-ring (bicyclic) bond motifs is 1. The molecule has 6 nitrogen and oxygen atoms in total. The van der Waals surface area contributed by atoms with Gasteiger partial charge in [-0.05, 0) is 48.4 Å². The summed E-state index contributed by atoms with van der Waals surface area (Å²) in [6.45, 7) is 4.21. The van der Waals surface area contributed by atoms with Crippen molar-refractivity contribution in [1.29, 1.82) is 0 Å². The zero-order chi connectivity index (χ0) is 22.4. The van der Waals surface area contributed by atoms with E-state index in [2.05, 4.69) is 52.1 Å². The Hall–Kier alpha value is -4.03. The minimum Gasteiger partial charge on any atom is -0.383 e. The molecular formula is C27H24N6. The lowest BCUT2D eigenvalue weighted by molar-refractivity contribution is 0.448. The number of hydrogen-bond acceptors (Lipinski definition) is 5. The average molecular weight is 433 g/mol. The van der Waals surface area contributed by atoms with E-state index >= 15 is 0 Å². The summed E-state index contributed by atoms with van der Waals surface area (Å²) in [5.74, 6) is 1.77. The van der Waals surface area contributed by atoms with Gasteiger partial charge < -0.3 is 11.1 Å². The summed E-state index contributed by atoms with van der Waals surface area (Å²) in [4.78, 5) is 14.3. The summed E-state index contributed by atoms with van der Waals surface area (Å²) >= 11 is 0. The topological polar surface area (TPSA) is 81.7 Å². The highest BCUT2D eigenvalue weighted by molar-refractivity contribution is 5.84. The van der Waals surface area contributed by atoms with E-state index in [4.69, 9.17) is 15.7 Å². The first-order valence-electron chi connectivity index (χ1n) is 11.2. The molecule has 6 rings (SSSR count). The number of hydrogen-bond donors (Lipinski definition) is 2. The number of pyridine rings is 2. The number of aromatic nitrogens is 4. The Bertz CT molecular complexity index is 1470. The predicted molar refractivity (Wildman–Crippen MR) is 132 cm³/mol. The van der Waals surface area contributed by atoms with Gasteiger partial charge in [-0.25, -0.2) is 15.0 Å². The third-order valence-electron chi connectivity index (χ3n) is 6.37. The highest BCUT2D eigenvalue weighted by atomic mass is 15.1. The first-order valence-corrected chi connectivity index (χ1v) is 11.2. The van der Waals surface area contributed by atoms with Crippen LogP contribution < -0.4 is 11.1 Å². The molecule has 0 bridgehead atoms. The van der Waals surface area contributed by atoms with Crippen molar-refractivity contribution in [2.75, 3.05) is 18.8 Å². The largest absolute Gasteiger partial charge is 0.383 e. The van der Waals surface area contributed by atoms with Crippen molar-refractivity contribution in [2.24, 2.45) is 0 Å². The quantitative estimate of drug-likeness (QED) is 0.429. The molecule has 3 N–H and O–H groups in total. The highest BCUT2D eigenvalue weighted by Crippen LogP contribution is 2.33. The lowest BCUT2D eigenvalue weighted by Gasteiger charge is -2.28. The molecule has 1 fully saturated rings. The number of rotatable bonds is 4. The van der Waals surface area contributed by atoms with Gasteiger partial charge in [-0.2, -0.15) is 0 Å². The van der Waals surface area contributed by atoms with Crippen molar-refractivity contribution in [1.82, 2.24) is 24.8 Å². The minimum absolute atomic E-state index is 0.451. The van der Waals surface area contributed by atoms with Gasteiger partial charge in [0.15, 0.2) is 11.5 Å². The van der Waals surface area contributed by atoms with Crippen LogP contribution >= 0.6 is 0 Å². The van der Waals surface area contributed by atoms with Crippen molar-refractivity contribution in [3.05, 3.63) is 90.1 Å². The van der Waals surface area contributed by atoms with Crippen LogP contribution in [0.4, 0.5) is 5.82 Å². The maximum absolute atomic E-state index is 6.28. The van der Waals surface area contributed by atoms with Gasteiger partial charge in [-0.15, -0.1) is 0 Å². The molecule has 6 heteroatoms. The molecule has 1 saturated heterocycles. The van der Waals surface area contributed by atoms with E-state index in [1.807, 2.05) is 42.5 Å². The standard InChI is InChI=1S/C27H24N6/c1-17-14-19(20-15-29-16-20)9-12-24(17)33-26(21-8-5-13-30-25(21)28)32-23-11-10-22(31-27(23)33)18-6-3-2-4-7-18/h2-14,20,29H,15-16H2,1H3,(H2,28,30). The fraction of sp³-hybridized carbons (Fsp3) is 0.148. The van der Waals surface area contributed by atoms with Gasteiger partial charge in [0.25, 0.3) is 0 Å². The average Bonchev–Trinajstić information content (AvgIpc) is 3.17. The third kappa shape index (κ3) is 3.36. The molecule has 0 unspecified atom stereocenters. The second kappa shape index (κ2) is 7.83. The minimum atomic E-state index is 0.451. The molecule has 0 aliphatic carbocycles. The summed E-state index contributed by atoms with van der Waals surface area (Å²) in [5, 5.41) is 3.36. The van der Waals surface area contributed by atoms with E-state index in [9.17, 15) is 0 Å². The number of imidazole rings is 1. The van der Waals surface area contributed by atoms with E-state index in [0.29, 0.717) is 11.7 Å². The molecule has 2 aromatic carbocycles. The number of nitrogens with two attached hydrogens (primary N) is 1. The maximum atomic E-state index is 6.28. The van der Waals surface area contributed by atoms with Crippen LogP contribution in [0, 0.1) is 6.92 Å². The summed E-state index contributed by atoms with van der Waals surface area (Å²) in [6, 6.07) is 24.8. The van der Waals surface area contributed by atoms with E-state index in [1.165, 1.54) is 11.1 Å². The first-order chi connectivity index (χ1) is 16.2. The van der Waals surface area contributed by atoms with E-state index in [-0.39, 0.29) is 0 Å². The number of aryl methyl sites for hydroxylation is 1.